The van der Waals surface area contributed by atoms with Gasteiger partial charge < -0.3 is 4.74 Å². The van der Waals surface area contributed by atoms with Crippen molar-refractivity contribution in [3.8, 4) is 0 Å². The van der Waals surface area contributed by atoms with Crippen LogP contribution in [0, 0.1) is 6.92 Å². The summed E-state index contributed by atoms with van der Waals surface area (Å²) < 4.78 is 6.52. The van der Waals surface area contributed by atoms with Gasteiger partial charge in [-0.3, -0.25) is 9.88 Å². The smallest absolute Gasteiger partial charge is 0.0798 e. The van der Waals surface area contributed by atoms with Crippen LogP contribution in [0.25, 0.3) is 0 Å². The first kappa shape index (κ1) is 15.6. The van der Waals surface area contributed by atoms with Crippen LogP contribution in [0.1, 0.15) is 22.6 Å². The molecular formula is C17H21N3OS2. The molecule has 2 fully saturated rings. The van der Waals surface area contributed by atoms with Gasteiger partial charge >= 0.3 is 0 Å². The first-order valence-electron chi connectivity index (χ1n) is 7.98. The number of hydrogen-bond acceptors (Lipinski definition) is 6. The van der Waals surface area contributed by atoms with Crippen LogP contribution in [-0.4, -0.2) is 44.6 Å². The van der Waals surface area contributed by atoms with Crippen molar-refractivity contribution in [3.63, 3.8) is 0 Å². The van der Waals surface area contributed by atoms with Crippen molar-refractivity contribution in [3.05, 3.63) is 46.2 Å². The number of thiazole rings is 1. The molecule has 4 nitrogen and oxygen atoms in total. The first-order valence-corrected chi connectivity index (χ1v) is 9.85. The molecule has 0 aromatic carbocycles. The van der Waals surface area contributed by atoms with E-state index >= 15 is 0 Å². The number of hydrogen-bond donors (Lipinski definition) is 0. The van der Waals surface area contributed by atoms with E-state index in [1.165, 1.54) is 30.1 Å². The Hall–Kier alpha value is -0.950. The molecule has 0 N–H and O–H groups in total. The van der Waals surface area contributed by atoms with E-state index in [2.05, 4.69) is 39.6 Å². The number of ether oxygens (including phenoxy) is 1. The average molecular weight is 348 g/mol. The summed E-state index contributed by atoms with van der Waals surface area (Å²) in [4.78, 5) is 12.4. The summed E-state index contributed by atoms with van der Waals surface area (Å²) >= 11 is 3.87. The molecule has 2 aliphatic heterocycles. The third-order valence-electron chi connectivity index (χ3n) is 4.62. The second kappa shape index (κ2) is 6.51. The number of nitrogens with zero attached hydrogens (tertiary/aromatic N) is 3. The van der Waals surface area contributed by atoms with Gasteiger partial charge in [-0.2, -0.15) is 0 Å². The van der Waals surface area contributed by atoms with E-state index < -0.39 is 0 Å². The number of rotatable bonds is 5. The maximum absolute atomic E-state index is 6.09. The fourth-order valence-electron chi connectivity index (χ4n) is 3.39. The fourth-order valence-corrected chi connectivity index (χ4v) is 5.81. The number of pyridine rings is 1. The Morgan fingerprint density at radius 3 is 3.09 bits per heavy atom. The maximum Gasteiger partial charge on any atom is 0.0798 e. The largest absolute Gasteiger partial charge is 0.373 e. The fraction of sp³-hybridized carbons (Fsp3) is 0.529. The minimum Gasteiger partial charge on any atom is -0.373 e. The standard InChI is InChI=1S/C17H21N3OS2/c1-13-16(22-12-19-13)7-20-10-17(11-20)5-15(9-23-17)21-8-14-3-2-4-18-6-14/h2-4,6,12,15H,5,7-11H2,1H3/t15-/m0/s1. The summed E-state index contributed by atoms with van der Waals surface area (Å²) in [5.41, 5.74) is 4.30. The van der Waals surface area contributed by atoms with Gasteiger partial charge in [0.05, 0.1) is 23.9 Å². The lowest BCUT2D eigenvalue weighted by Crippen LogP contribution is -2.58. The molecule has 6 heteroatoms. The molecule has 2 aromatic heterocycles. The summed E-state index contributed by atoms with van der Waals surface area (Å²) in [5.74, 6) is 1.12. The van der Waals surface area contributed by atoms with E-state index in [-0.39, 0.29) is 0 Å². The Morgan fingerprint density at radius 2 is 2.35 bits per heavy atom. The van der Waals surface area contributed by atoms with Crippen LogP contribution in [0.4, 0.5) is 0 Å². The van der Waals surface area contributed by atoms with Crippen LogP contribution in [-0.2, 0) is 17.9 Å². The highest BCUT2D eigenvalue weighted by atomic mass is 32.2. The molecule has 4 heterocycles. The van der Waals surface area contributed by atoms with Crippen LogP contribution in [0.3, 0.4) is 0 Å². The quantitative estimate of drug-likeness (QED) is 0.831. The second-order valence-electron chi connectivity index (χ2n) is 6.50. The van der Waals surface area contributed by atoms with Crippen molar-refractivity contribution in [2.45, 2.75) is 37.3 Å². The Bertz CT molecular complexity index is 655. The molecule has 0 bridgehead atoms. The zero-order valence-corrected chi connectivity index (χ0v) is 14.9. The van der Waals surface area contributed by atoms with Crippen molar-refractivity contribution < 1.29 is 4.74 Å². The topological polar surface area (TPSA) is 38.2 Å². The number of aromatic nitrogens is 2. The second-order valence-corrected chi connectivity index (χ2v) is 8.93. The van der Waals surface area contributed by atoms with Crippen LogP contribution in [0.15, 0.2) is 30.0 Å². The molecule has 0 aliphatic carbocycles. The SMILES string of the molecule is Cc1ncsc1CN1CC2(C[C@H](OCc3cccnc3)CS2)C1. The van der Waals surface area contributed by atoms with Gasteiger partial charge in [-0.1, -0.05) is 6.07 Å². The maximum atomic E-state index is 6.09. The minimum absolute atomic E-state index is 0.382. The molecule has 122 valence electrons. The number of aryl methyl sites for hydroxylation is 1. The molecule has 4 rings (SSSR count). The molecule has 0 unspecified atom stereocenters. The highest BCUT2D eigenvalue weighted by Gasteiger charge is 2.49. The van der Waals surface area contributed by atoms with Crippen molar-refractivity contribution >= 4 is 23.1 Å². The Morgan fingerprint density at radius 1 is 1.43 bits per heavy atom. The Kier molecular flexibility index (Phi) is 4.41. The molecule has 0 radical (unpaired) electrons. The average Bonchev–Trinajstić information content (AvgIpc) is 3.13. The van der Waals surface area contributed by atoms with E-state index in [1.807, 2.05) is 17.8 Å². The molecule has 2 aliphatic rings. The van der Waals surface area contributed by atoms with Gasteiger partial charge in [0, 0.05) is 47.4 Å². The molecule has 1 atom stereocenters. The summed E-state index contributed by atoms with van der Waals surface area (Å²) in [5, 5.41) is 0. The van der Waals surface area contributed by atoms with E-state index in [0.717, 1.165) is 17.9 Å². The Balaban J connectivity index is 1.24. The van der Waals surface area contributed by atoms with E-state index in [0.29, 0.717) is 17.5 Å². The summed E-state index contributed by atoms with van der Waals surface area (Å²) in [6, 6.07) is 4.04. The van der Waals surface area contributed by atoms with Crippen molar-refractivity contribution in [1.82, 2.24) is 14.9 Å². The third kappa shape index (κ3) is 3.45. The van der Waals surface area contributed by atoms with Gasteiger partial charge in [0.15, 0.2) is 0 Å². The molecule has 0 amide bonds. The van der Waals surface area contributed by atoms with Gasteiger partial charge in [0.25, 0.3) is 0 Å². The number of thioether (sulfide) groups is 1. The molecular weight excluding hydrogens is 326 g/mol. The van der Waals surface area contributed by atoms with Crippen LogP contribution < -0.4 is 0 Å². The normalized spacial score (nSPS) is 23.3. The molecule has 23 heavy (non-hydrogen) atoms. The Labute approximate surface area is 145 Å². The summed E-state index contributed by atoms with van der Waals surface area (Å²) in [6.07, 6.45) is 5.25. The first-order chi connectivity index (χ1) is 11.2. The number of likely N-dealkylation sites (tertiary alicyclic amines) is 1. The van der Waals surface area contributed by atoms with Crippen LogP contribution in [0.2, 0.25) is 0 Å². The lowest BCUT2D eigenvalue weighted by molar-refractivity contribution is 0.0265. The highest BCUT2D eigenvalue weighted by Crippen LogP contribution is 2.46. The monoisotopic (exact) mass is 347 g/mol. The van der Waals surface area contributed by atoms with Crippen molar-refractivity contribution in [2.24, 2.45) is 0 Å². The van der Waals surface area contributed by atoms with Gasteiger partial charge in [0.2, 0.25) is 0 Å². The molecule has 1 spiro atoms. The van der Waals surface area contributed by atoms with Crippen molar-refractivity contribution in [1.29, 1.82) is 0 Å². The molecule has 0 saturated carbocycles. The van der Waals surface area contributed by atoms with Gasteiger partial charge in [-0.05, 0) is 25.0 Å². The summed E-state index contributed by atoms with van der Waals surface area (Å²) in [6.45, 7) is 6.20. The lowest BCUT2D eigenvalue weighted by atomic mass is 9.93. The zero-order valence-electron chi connectivity index (χ0n) is 13.3. The lowest BCUT2D eigenvalue weighted by Gasteiger charge is -2.47. The predicted octanol–water partition coefficient (Wildman–Crippen LogP) is 3.12. The van der Waals surface area contributed by atoms with Crippen LogP contribution >= 0.6 is 23.1 Å². The van der Waals surface area contributed by atoms with Gasteiger partial charge in [-0.15, -0.1) is 23.1 Å². The van der Waals surface area contributed by atoms with Gasteiger partial charge in [0.1, 0.15) is 0 Å². The van der Waals surface area contributed by atoms with E-state index in [1.54, 1.807) is 17.5 Å². The molecule has 2 aromatic rings. The van der Waals surface area contributed by atoms with E-state index in [4.69, 9.17) is 4.74 Å². The zero-order chi connectivity index (χ0) is 15.7. The third-order valence-corrected chi connectivity index (χ3v) is 7.11. The van der Waals surface area contributed by atoms with Crippen LogP contribution in [0.5, 0.6) is 0 Å². The molecule has 2 saturated heterocycles. The van der Waals surface area contributed by atoms with Crippen molar-refractivity contribution in [2.75, 3.05) is 18.8 Å². The van der Waals surface area contributed by atoms with E-state index in [9.17, 15) is 0 Å². The summed E-state index contributed by atoms with van der Waals surface area (Å²) in [7, 11) is 0. The van der Waals surface area contributed by atoms with Gasteiger partial charge in [-0.25, -0.2) is 4.98 Å². The highest BCUT2D eigenvalue weighted by molar-refractivity contribution is 8.01. The minimum atomic E-state index is 0.382. The predicted molar refractivity (Wildman–Crippen MR) is 94.7 cm³/mol.